The number of esters is 1. The summed E-state index contributed by atoms with van der Waals surface area (Å²) in [6, 6.07) is 7.44. The number of hydrogen-bond acceptors (Lipinski definition) is 7. The second-order valence-corrected chi connectivity index (χ2v) is 7.80. The monoisotopic (exact) mass is 449 g/mol. The number of aryl methyl sites for hydroxylation is 1. The van der Waals surface area contributed by atoms with Crippen molar-refractivity contribution in [3.8, 4) is 11.5 Å². The smallest absolute Gasteiger partial charge is 0.341 e. The third-order valence-corrected chi connectivity index (χ3v) is 5.59. The van der Waals surface area contributed by atoms with Crippen LogP contribution in [0.15, 0.2) is 33.2 Å². The lowest BCUT2D eigenvalue weighted by molar-refractivity contribution is -0.114. The number of nitrogens with zero attached hydrogens (tertiary/aromatic N) is 2. The van der Waals surface area contributed by atoms with Gasteiger partial charge in [0.15, 0.2) is 6.61 Å². The molecule has 0 atom stereocenters. The SMILES string of the molecule is CC(=O)Nc1sc(C)c(C)c1C(=O)OCc1nnc(-c2ccccc2Br)o1. The van der Waals surface area contributed by atoms with Crippen LogP contribution in [-0.2, 0) is 16.1 Å². The Balaban J connectivity index is 1.74. The first-order valence-corrected chi connectivity index (χ1v) is 9.59. The maximum atomic E-state index is 12.5. The number of carbonyl (C=O) groups is 2. The van der Waals surface area contributed by atoms with E-state index in [-0.39, 0.29) is 18.4 Å². The Morgan fingerprint density at radius 1 is 1.26 bits per heavy atom. The molecule has 0 fully saturated rings. The minimum Gasteiger partial charge on any atom is -0.452 e. The summed E-state index contributed by atoms with van der Waals surface area (Å²) in [5, 5.41) is 11.0. The molecule has 0 aliphatic carbocycles. The molecule has 3 aromatic rings. The van der Waals surface area contributed by atoms with E-state index in [0.717, 1.165) is 20.5 Å². The van der Waals surface area contributed by atoms with Gasteiger partial charge in [-0.3, -0.25) is 4.79 Å². The number of anilines is 1. The van der Waals surface area contributed by atoms with Gasteiger partial charge in [0, 0.05) is 16.3 Å². The van der Waals surface area contributed by atoms with Crippen molar-refractivity contribution in [2.45, 2.75) is 27.4 Å². The number of amides is 1. The molecule has 0 spiro atoms. The highest BCUT2D eigenvalue weighted by Crippen LogP contribution is 2.33. The molecule has 0 aliphatic heterocycles. The number of hydrogen-bond donors (Lipinski definition) is 1. The molecule has 0 unspecified atom stereocenters. The second kappa shape index (κ2) is 8.01. The molecule has 1 N–H and O–H groups in total. The van der Waals surface area contributed by atoms with E-state index in [0.29, 0.717) is 16.5 Å². The lowest BCUT2D eigenvalue weighted by Crippen LogP contribution is -2.12. The number of ether oxygens (including phenoxy) is 1. The molecule has 140 valence electrons. The van der Waals surface area contributed by atoms with E-state index in [1.165, 1.54) is 18.3 Å². The van der Waals surface area contributed by atoms with Crippen molar-refractivity contribution in [1.82, 2.24) is 10.2 Å². The second-order valence-electron chi connectivity index (χ2n) is 5.73. The molecule has 0 saturated carbocycles. The van der Waals surface area contributed by atoms with E-state index < -0.39 is 5.97 Å². The Bertz CT molecular complexity index is 1010. The quantitative estimate of drug-likeness (QED) is 0.576. The van der Waals surface area contributed by atoms with Crippen LogP contribution in [0.2, 0.25) is 0 Å². The molecule has 2 heterocycles. The van der Waals surface area contributed by atoms with Crippen LogP contribution in [-0.4, -0.2) is 22.1 Å². The molecule has 0 radical (unpaired) electrons. The minimum absolute atomic E-state index is 0.163. The summed E-state index contributed by atoms with van der Waals surface area (Å²) in [6.45, 7) is 4.92. The molecular weight excluding hydrogens is 434 g/mol. The van der Waals surface area contributed by atoms with Gasteiger partial charge in [0.2, 0.25) is 11.8 Å². The first-order chi connectivity index (χ1) is 12.9. The van der Waals surface area contributed by atoms with Crippen LogP contribution in [0, 0.1) is 13.8 Å². The number of aromatic nitrogens is 2. The zero-order chi connectivity index (χ0) is 19.6. The van der Waals surface area contributed by atoms with E-state index in [4.69, 9.17) is 9.15 Å². The standard InChI is InChI=1S/C18H16BrN3O4S/c1-9-10(2)27-17(20-11(3)23)15(9)18(24)25-8-14-21-22-16(26-14)12-6-4-5-7-13(12)19/h4-7H,8H2,1-3H3,(H,20,23). The number of halogens is 1. The molecule has 9 heteroatoms. The minimum atomic E-state index is -0.554. The van der Waals surface area contributed by atoms with Gasteiger partial charge in [-0.15, -0.1) is 21.5 Å². The van der Waals surface area contributed by atoms with Gasteiger partial charge in [-0.25, -0.2) is 4.79 Å². The topological polar surface area (TPSA) is 94.3 Å². The average molecular weight is 450 g/mol. The van der Waals surface area contributed by atoms with Crippen LogP contribution in [0.5, 0.6) is 0 Å². The fourth-order valence-corrected chi connectivity index (χ4v) is 3.92. The Morgan fingerprint density at radius 3 is 2.70 bits per heavy atom. The molecule has 27 heavy (non-hydrogen) atoms. The van der Waals surface area contributed by atoms with Gasteiger partial charge in [-0.1, -0.05) is 12.1 Å². The van der Waals surface area contributed by atoms with E-state index in [1.807, 2.05) is 38.1 Å². The summed E-state index contributed by atoms with van der Waals surface area (Å²) >= 11 is 4.76. The van der Waals surface area contributed by atoms with Crippen molar-refractivity contribution in [1.29, 1.82) is 0 Å². The van der Waals surface area contributed by atoms with Gasteiger partial charge in [-0.2, -0.15) is 0 Å². The Morgan fingerprint density at radius 2 is 2.00 bits per heavy atom. The van der Waals surface area contributed by atoms with E-state index in [2.05, 4.69) is 31.4 Å². The fraction of sp³-hybridized carbons (Fsp3) is 0.222. The molecule has 0 saturated heterocycles. The van der Waals surface area contributed by atoms with Crippen molar-refractivity contribution < 1.29 is 18.7 Å². The third kappa shape index (κ3) is 4.25. The van der Waals surface area contributed by atoms with Crippen molar-refractivity contribution in [3.63, 3.8) is 0 Å². The molecule has 0 bridgehead atoms. The summed E-state index contributed by atoms with van der Waals surface area (Å²) in [7, 11) is 0. The van der Waals surface area contributed by atoms with Gasteiger partial charge in [-0.05, 0) is 47.5 Å². The first-order valence-electron chi connectivity index (χ1n) is 7.98. The van der Waals surface area contributed by atoms with Gasteiger partial charge >= 0.3 is 5.97 Å². The zero-order valence-corrected chi connectivity index (χ0v) is 17.2. The van der Waals surface area contributed by atoms with E-state index in [9.17, 15) is 9.59 Å². The fourth-order valence-electron chi connectivity index (χ4n) is 2.38. The number of carbonyl (C=O) groups excluding carboxylic acids is 2. The number of nitrogens with one attached hydrogen (secondary N) is 1. The predicted octanol–water partition coefficient (Wildman–Crippen LogP) is 4.49. The summed E-state index contributed by atoms with van der Waals surface area (Å²) in [6.07, 6.45) is 0. The molecule has 0 aliphatic rings. The van der Waals surface area contributed by atoms with Gasteiger partial charge in [0.05, 0.1) is 11.1 Å². The van der Waals surface area contributed by atoms with Gasteiger partial charge < -0.3 is 14.5 Å². The highest BCUT2D eigenvalue weighted by atomic mass is 79.9. The molecular formula is C18H16BrN3O4S. The van der Waals surface area contributed by atoms with Crippen molar-refractivity contribution in [3.05, 3.63) is 50.6 Å². The maximum absolute atomic E-state index is 12.5. The van der Waals surface area contributed by atoms with Crippen LogP contribution in [0.4, 0.5) is 5.00 Å². The third-order valence-electron chi connectivity index (χ3n) is 3.78. The zero-order valence-electron chi connectivity index (χ0n) is 14.8. The van der Waals surface area contributed by atoms with E-state index in [1.54, 1.807) is 0 Å². The summed E-state index contributed by atoms with van der Waals surface area (Å²) in [4.78, 5) is 24.8. The Labute approximate surface area is 167 Å². The van der Waals surface area contributed by atoms with Crippen LogP contribution in [0.25, 0.3) is 11.5 Å². The summed E-state index contributed by atoms with van der Waals surface area (Å²) < 4.78 is 11.7. The van der Waals surface area contributed by atoms with Crippen LogP contribution < -0.4 is 5.32 Å². The molecule has 7 nitrogen and oxygen atoms in total. The lowest BCUT2D eigenvalue weighted by atomic mass is 10.1. The first kappa shape index (κ1) is 19.2. The van der Waals surface area contributed by atoms with E-state index >= 15 is 0 Å². The van der Waals surface area contributed by atoms with Crippen LogP contribution in [0.1, 0.15) is 33.6 Å². The van der Waals surface area contributed by atoms with Crippen molar-refractivity contribution >= 4 is 44.1 Å². The lowest BCUT2D eigenvalue weighted by Gasteiger charge is -2.05. The maximum Gasteiger partial charge on any atom is 0.341 e. The number of benzene rings is 1. The predicted molar refractivity (Wildman–Crippen MR) is 105 cm³/mol. The normalized spacial score (nSPS) is 10.7. The number of thiophene rings is 1. The largest absolute Gasteiger partial charge is 0.452 e. The summed E-state index contributed by atoms with van der Waals surface area (Å²) in [5.74, 6) is -0.295. The Kier molecular flexibility index (Phi) is 5.71. The van der Waals surface area contributed by atoms with Crippen molar-refractivity contribution in [2.75, 3.05) is 5.32 Å². The molecule has 1 amide bonds. The number of rotatable bonds is 5. The van der Waals surface area contributed by atoms with Gasteiger partial charge in [0.25, 0.3) is 5.89 Å². The van der Waals surface area contributed by atoms with Crippen LogP contribution in [0.3, 0.4) is 0 Å². The molecule has 3 rings (SSSR count). The molecule has 2 aromatic heterocycles. The molecule has 1 aromatic carbocycles. The Hall–Kier alpha value is -2.52. The van der Waals surface area contributed by atoms with Crippen LogP contribution >= 0.6 is 27.3 Å². The average Bonchev–Trinajstić information content (AvgIpc) is 3.18. The van der Waals surface area contributed by atoms with Crippen molar-refractivity contribution in [2.24, 2.45) is 0 Å². The summed E-state index contributed by atoms with van der Waals surface area (Å²) in [5.41, 5.74) is 1.87. The highest BCUT2D eigenvalue weighted by molar-refractivity contribution is 9.10. The van der Waals surface area contributed by atoms with Gasteiger partial charge in [0.1, 0.15) is 5.00 Å². The highest BCUT2D eigenvalue weighted by Gasteiger charge is 2.22.